The van der Waals surface area contributed by atoms with E-state index in [1.165, 1.54) is 5.56 Å². The fourth-order valence-electron chi connectivity index (χ4n) is 1.98. The van der Waals surface area contributed by atoms with E-state index in [0.717, 1.165) is 24.0 Å². The predicted octanol–water partition coefficient (Wildman–Crippen LogP) is 4.19. The van der Waals surface area contributed by atoms with Crippen LogP contribution in [0.25, 0.3) is 0 Å². The zero-order valence-corrected chi connectivity index (χ0v) is 15.6. The first kappa shape index (κ1) is 19.0. The highest BCUT2D eigenvalue weighted by Gasteiger charge is 2.21. The number of nitrogens with one attached hydrogen (secondary N) is 1. The van der Waals surface area contributed by atoms with Gasteiger partial charge in [0.25, 0.3) is 0 Å². The maximum Gasteiger partial charge on any atom is 0.410 e. The molecule has 0 radical (unpaired) electrons. The van der Waals surface area contributed by atoms with Crippen molar-refractivity contribution in [3.8, 4) is 0 Å². The summed E-state index contributed by atoms with van der Waals surface area (Å²) in [4.78, 5) is 13.9. The van der Waals surface area contributed by atoms with Crippen molar-refractivity contribution >= 4 is 22.0 Å². The number of amides is 1. The van der Waals surface area contributed by atoms with Crippen LogP contribution in [-0.2, 0) is 11.3 Å². The van der Waals surface area contributed by atoms with Crippen molar-refractivity contribution in [2.75, 3.05) is 19.6 Å². The van der Waals surface area contributed by atoms with Crippen LogP contribution in [0.4, 0.5) is 4.79 Å². The molecule has 1 amide bonds. The minimum Gasteiger partial charge on any atom is -0.444 e. The van der Waals surface area contributed by atoms with Gasteiger partial charge in [-0.15, -0.1) is 0 Å². The summed E-state index contributed by atoms with van der Waals surface area (Å²) in [5.41, 5.74) is 0.765. The van der Waals surface area contributed by atoms with Crippen LogP contribution in [0.15, 0.2) is 28.7 Å². The molecule has 0 unspecified atom stereocenters. The quantitative estimate of drug-likeness (QED) is 0.731. The molecular formula is C17H27BrN2O2. The van der Waals surface area contributed by atoms with E-state index in [1.54, 1.807) is 4.90 Å². The Kier molecular flexibility index (Phi) is 7.90. The van der Waals surface area contributed by atoms with Gasteiger partial charge in [0.2, 0.25) is 0 Å². The van der Waals surface area contributed by atoms with Crippen molar-refractivity contribution in [2.45, 2.75) is 46.3 Å². The molecule has 5 heteroatoms. The summed E-state index contributed by atoms with van der Waals surface area (Å²) >= 11 is 3.46. The van der Waals surface area contributed by atoms with Crippen LogP contribution in [0.3, 0.4) is 0 Å². The lowest BCUT2D eigenvalue weighted by Gasteiger charge is -2.27. The van der Waals surface area contributed by atoms with Gasteiger partial charge in [0, 0.05) is 30.7 Å². The van der Waals surface area contributed by atoms with E-state index in [0.29, 0.717) is 13.1 Å². The highest BCUT2D eigenvalue weighted by molar-refractivity contribution is 9.10. The molecule has 1 rings (SSSR count). The number of carbonyl (C=O) groups excluding carboxylic acids is 1. The van der Waals surface area contributed by atoms with Gasteiger partial charge in [-0.25, -0.2) is 4.79 Å². The number of nitrogens with zero attached hydrogens (tertiary/aromatic N) is 1. The lowest BCUT2D eigenvalue weighted by molar-refractivity contribution is 0.0252. The Morgan fingerprint density at radius 3 is 2.64 bits per heavy atom. The molecule has 0 heterocycles. The summed E-state index contributed by atoms with van der Waals surface area (Å²) in [5, 5.41) is 3.37. The van der Waals surface area contributed by atoms with Gasteiger partial charge >= 0.3 is 6.09 Å². The molecule has 0 spiro atoms. The smallest absolute Gasteiger partial charge is 0.410 e. The van der Waals surface area contributed by atoms with E-state index >= 15 is 0 Å². The van der Waals surface area contributed by atoms with Crippen LogP contribution in [0.2, 0.25) is 0 Å². The molecule has 4 nitrogen and oxygen atoms in total. The normalized spacial score (nSPS) is 11.3. The molecule has 0 saturated heterocycles. The average molecular weight is 371 g/mol. The molecule has 22 heavy (non-hydrogen) atoms. The minimum absolute atomic E-state index is 0.237. The van der Waals surface area contributed by atoms with Gasteiger partial charge in [0.05, 0.1) is 0 Å². The zero-order valence-electron chi connectivity index (χ0n) is 14.0. The van der Waals surface area contributed by atoms with Gasteiger partial charge in [-0.05, 0) is 44.9 Å². The summed E-state index contributed by atoms with van der Waals surface area (Å²) < 4.78 is 6.51. The summed E-state index contributed by atoms with van der Waals surface area (Å²) in [7, 11) is 0. The number of hydrogen-bond donors (Lipinski definition) is 1. The summed E-state index contributed by atoms with van der Waals surface area (Å²) in [6.45, 7) is 10.6. The first-order chi connectivity index (χ1) is 10.3. The molecule has 0 aliphatic heterocycles. The molecular weight excluding hydrogens is 344 g/mol. The van der Waals surface area contributed by atoms with Gasteiger partial charge in [-0.2, -0.15) is 0 Å². The first-order valence-electron chi connectivity index (χ1n) is 7.75. The predicted molar refractivity (Wildman–Crippen MR) is 93.9 cm³/mol. The SMILES string of the molecule is CCCN(CCNCc1cccc(Br)c1)C(=O)OC(C)(C)C. The van der Waals surface area contributed by atoms with Crippen LogP contribution < -0.4 is 5.32 Å². The van der Waals surface area contributed by atoms with Crippen LogP contribution in [-0.4, -0.2) is 36.2 Å². The number of halogens is 1. The fourth-order valence-corrected chi connectivity index (χ4v) is 2.43. The third-order valence-corrected chi connectivity index (χ3v) is 3.42. The fraction of sp³-hybridized carbons (Fsp3) is 0.588. The molecule has 1 aromatic carbocycles. The molecule has 0 saturated carbocycles. The van der Waals surface area contributed by atoms with E-state index in [4.69, 9.17) is 4.74 Å². The highest BCUT2D eigenvalue weighted by Crippen LogP contribution is 2.12. The summed E-state index contributed by atoms with van der Waals surface area (Å²) in [5.74, 6) is 0. The maximum atomic E-state index is 12.1. The Morgan fingerprint density at radius 1 is 1.32 bits per heavy atom. The number of benzene rings is 1. The Morgan fingerprint density at radius 2 is 2.05 bits per heavy atom. The number of ether oxygens (including phenoxy) is 1. The third kappa shape index (κ3) is 7.80. The maximum absolute atomic E-state index is 12.1. The second-order valence-electron chi connectivity index (χ2n) is 6.27. The Bertz CT molecular complexity index is 472. The lowest BCUT2D eigenvalue weighted by Crippen LogP contribution is -2.40. The standard InChI is InChI=1S/C17H27BrN2O2/c1-5-10-20(16(21)22-17(2,3)4)11-9-19-13-14-7-6-8-15(18)12-14/h6-8,12,19H,5,9-11,13H2,1-4H3. The van der Waals surface area contributed by atoms with Gasteiger partial charge < -0.3 is 15.0 Å². The topological polar surface area (TPSA) is 41.6 Å². The molecule has 0 bridgehead atoms. The lowest BCUT2D eigenvalue weighted by atomic mass is 10.2. The zero-order chi connectivity index (χ0) is 16.6. The molecule has 124 valence electrons. The summed E-state index contributed by atoms with van der Waals surface area (Å²) in [6.07, 6.45) is 0.684. The molecule has 0 fully saturated rings. The molecule has 1 N–H and O–H groups in total. The first-order valence-corrected chi connectivity index (χ1v) is 8.54. The van der Waals surface area contributed by atoms with Crippen LogP contribution in [0, 0.1) is 0 Å². The van der Waals surface area contributed by atoms with Crippen molar-refractivity contribution in [3.05, 3.63) is 34.3 Å². The Labute approximate surface area is 142 Å². The van der Waals surface area contributed by atoms with Gasteiger partial charge in [0.1, 0.15) is 5.60 Å². The van der Waals surface area contributed by atoms with Gasteiger partial charge in [-0.3, -0.25) is 0 Å². The number of rotatable bonds is 7. The molecule has 0 aliphatic rings. The van der Waals surface area contributed by atoms with Crippen LogP contribution in [0.5, 0.6) is 0 Å². The van der Waals surface area contributed by atoms with E-state index in [-0.39, 0.29) is 6.09 Å². The van der Waals surface area contributed by atoms with Gasteiger partial charge in [-0.1, -0.05) is 35.0 Å². The van der Waals surface area contributed by atoms with Crippen LogP contribution >= 0.6 is 15.9 Å². The van der Waals surface area contributed by atoms with Gasteiger partial charge in [0.15, 0.2) is 0 Å². The Balaban J connectivity index is 2.39. The molecule has 0 aromatic heterocycles. The van der Waals surface area contributed by atoms with Crippen molar-refractivity contribution in [1.82, 2.24) is 10.2 Å². The minimum atomic E-state index is -0.452. The highest BCUT2D eigenvalue weighted by atomic mass is 79.9. The Hall–Kier alpha value is -1.07. The third-order valence-electron chi connectivity index (χ3n) is 2.92. The average Bonchev–Trinajstić information content (AvgIpc) is 2.40. The van der Waals surface area contributed by atoms with Crippen molar-refractivity contribution in [1.29, 1.82) is 0 Å². The van der Waals surface area contributed by atoms with E-state index in [2.05, 4.69) is 40.3 Å². The van der Waals surface area contributed by atoms with Crippen molar-refractivity contribution in [3.63, 3.8) is 0 Å². The monoisotopic (exact) mass is 370 g/mol. The number of carbonyl (C=O) groups is 1. The number of hydrogen-bond acceptors (Lipinski definition) is 3. The largest absolute Gasteiger partial charge is 0.444 e. The van der Waals surface area contributed by atoms with E-state index in [9.17, 15) is 4.79 Å². The molecule has 1 aromatic rings. The van der Waals surface area contributed by atoms with Crippen LogP contribution in [0.1, 0.15) is 39.7 Å². The van der Waals surface area contributed by atoms with Crippen molar-refractivity contribution < 1.29 is 9.53 Å². The second kappa shape index (κ2) is 9.16. The van der Waals surface area contributed by atoms with E-state index < -0.39 is 5.60 Å². The van der Waals surface area contributed by atoms with E-state index in [1.807, 2.05) is 32.9 Å². The molecule has 0 aliphatic carbocycles. The molecule has 0 atom stereocenters. The van der Waals surface area contributed by atoms with Crippen molar-refractivity contribution in [2.24, 2.45) is 0 Å². The second-order valence-corrected chi connectivity index (χ2v) is 7.19. The summed E-state index contributed by atoms with van der Waals surface area (Å²) in [6, 6.07) is 8.19.